The monoisotopic (exact) mass is 194 g/mol. The quantitative estimate of drug-likeness (QED) is 0.604. The van der Waals surface area contributed by atoms with Crippen LogP contribution in [0.5, 0.6) is 0 Å². The van der Waals surface area contributed by atoms with E-state index in [1.165, 1.54) is 0 Å². The smallest absolute Gasteiger partial charge is 0.128 e. The molecule has 0 unspecified atom stereocenters. The summed E-state index contributed by atoms with van der Waals surface area (Å²) in [6.45, 7) is 0.718. The van der Waals surface area contributed by atoms with E-state index in [2.05, 4.69) is 4.98 Å². The largest absolute Gasteiger partial charge is 0.383 e. The third kappa shape index (κ3) is 2.97. The van der Waals surface area contributed by atoms with Gasteiger partial charge in [0.1, 0.15) is 5.82 Å². The first-order chi connectivity index (χ1) is 6.75. The molecule has 0 aromatic carbocycles. The van der Waals surface area contributed by atoms with Crippen molar-refractivity contribution in [1.29, 1.82) is 0 Å². The molecule has 0 saturated heterocycles. The summed E-state index contributed by atoms with van der Waals surface area (Å²) in [6, 6.07) is 3.76. The highest BCUT2D eigenvalue weighted by Gasteiger charge is 2.08. The molecule has 4 heteroatoms. The van der Waals surface area contributed by atoms with Gasteiger partial charge in [0.05, 0.1) is 0 Å². The average molecular weight is 194 g/mol. The molecule has 0 aliphatic heterocycles. The number of rotatable bonds is 5. The number of nitrogens with zero attached hydrogens (tertiary/aromatic N) is 1. The molecule has 1 aromatic heterocycles. The summed E-state index contributed by atoms with van der Waals surface area (Å²) in [7, 11) is 0. The average Bonchev–Trinajstić information content (AvgIpc) is 2.18. The molecule has 4 nitrogen and oxygen atoms in total. The minimum atomic E-state index is -0.0183. The molecule has 6 N–H and O–H groups in total. The number of nitrogens with two attached hydrogens (primary N) is 3. The van der Waals surface area contributed by atoms with Crippen LogP contribution < -0.4 is 17.2 Å². The van der Waals surface area contributed by atoms with Crippen LogP contribution in [0.3, 0.4) is 0 Å². The zero-order valence-corrected chi connectivity index (χ0v) is 8.32. The fourth-order valence-corrected chi connectivity index (χ4v) is 1.41. The van der Waals surface area contributed by atoms with Gasteiger partial charge in [-0.05, 0) is 25.5 Å². The molecule has 1 rings (SSSR count). The molecular weight excluding hydrogens is 176 g/mol. The van der Waals surface area contributed by atoms with E-state index in [4.69, 9.17) is 17.2 Å². The Kier molecular flexibility index (Phi) is 4.35. The fraction of sp³-hybridized carbons (Fsp3) is 0.500. The van der Waals surface area contributed by atoms with Crippen LogP contribution in [0.25, 0.3) is 0 Å². The van der Waals surface area contributed by atoms with E-state index in [0.717, 1.165) is 31.4 Å². The van der Waals surface area contributed by atoms with Crippen molar-refractivity contribution in [2.75, 3.05) is 12.3 Å². The van der Waals surface area contributed by atoms with Crippen LogP contribution in [0.1, 0.15) is 30.9 Å². The SMILES string of the molecule is NCCCC[C@@H](N)c1cccnc1N. The van der Waals surface area contributed by atoms with E-state index in [0.29, 0.717) is 5.82 Å². The van der Waals surface area contributed by atoms with Crippen LogP contribution in [-0.4, -0.2) is 11.5 Å². The summed E-state index contributed by atoms with van der Waals surface area (Å²) in [5.74, 6) is 0.535. The molecular formula is C10H18N4. The predicted octanol–water partition coefficient (Wildman–Crippen LogP) is 0.793. The maximum atomic E-state index is 5.98. The second kappa shape index (κ2) is 5.57. The molecule has 0 aliphatic rings. The lowest BCUT2D eigenvalue weighted by atomic mass is 10.0. The van der Waals surface area contributed by atoms with Crippen molar-refractivity contribution in [1.82, 2.24) is 4.98 Å². The topological polar surface area (TPSA) is 91.0 Å². The second-order valence-corrected chi connectivity index (χ2v) is 3.37. The molecule has 14 heavy (non-hydrogen) atoms. The van der Waals surface area contributed by atoms with E-state index in [1.807, 2.05) is 12.1 Å². The highest BCUT2D eigenvalue weighted by Crippen LogP contribution is 2.20. The van der Waals surface area contributed by atoms with Gasteiger partial charge in [0, 0.05) is 17.8 Å². The number of nitrogen functional groups attached to an aromatic ring is 1. The van der Waals surface area contributed by atoms with Gasteiger partial charge in [0.15, 0.2) is 0 Å². The number of unbranched alkanes of at least 4 members (excludes halogenated alkanes) is 1. The molecule has 0 spiro atoms. The Balaban J connectivity index is 2.51. The minimum Gasteiger partial charge on any atom is -0.383 e. The van der Waals surface area contributed by atoms with Crippen LogP contribution in [0.15, 0.2) is 18.3 Å². The number of anilines is 1. The number of hydrogen-bond acceptors (Lipinski definition) is 4. The fourth-order valence-electron chi connectivity index (χ4n) is 1.41. The molecule has 0 bridgehead atoms. The first-order valence-electron chi connectivity index (χ1n) is 4.91. The molecule has 0 saturated carbocycles. The van der Waals surface area contributed by atoms with Crippen molar-refractivity contribution >= 4 is 5.82 Å². The Labute approximate surface area is 84.5 Å². The Hall–Kier alpha value is -1.13. The maximum Gasteiger partial charge on any atom is 0.128 e. The lowest BCUT2D eigenvalue weighted by molar-refractivity contribution is 0.591. The number of hydrogen-bond donors (Lipinski definition) is 3. The van der Waals surface area contributed by atoms with E-state index >= 15 is 0 Å². The normalized spacial score (nSPS) is 12.7. The van der Waals surface area contributed by atoms with E-state index < -0.39 is 0 Å². The van der Waals surface area contributed by atoms with Gasteiger partial charge < -0.3 is 17.2 Å². The van der Waals surface area contributed by atoms with Crippen LogP contribution in [-0.2, 0) is 0 Å². The van der Waals surface area contributed by atoms with Gasteiger partial charge in [-0.25, -0.2) is 4.98 Å². The summed E-state index contributed by atoms with van der Waals surface area (Å²) in [4.78, 5) is 4.00. The summed E-state index contributed by atoms with van der Waals surface area (Å²) < 4.78 is 0. The van der Waals surface area contributed by atoms with Crippen LogP contribution in [0.4, 0.5) is 5.82 Å². The molecule has 78 valence electrons. The summed E-state index contributed by atoms with van der Waals surface area (Å²) in [6.07, 6.45) is 4.62. The van der Waals surface area contributed by atoms with E-state index in [-0.39, 0.29) is 6.04 Å². The molecule has 0 amide bonds. The highest BCUT2D eigenvalue weighted by molar-refractivity contribution is 5.40. The first kappa shape index (κ1) is 10.9. The molecule has 0 radical (unpaired) electrons. The van der Waals surface area contributed by atoms with Crippen molar-refractivity contribution in [3.05, 3.63) is 23.9 Å². The van der Waals surface area contributed by atoms with Crippen LogP contribution >= 0.6 is 0 Å². The van der Waals surface area contributed by atoms with Crippen molar-refractivity contribution in [2.24, 2.45) is 11.5 Å². The summed E-state index contributed by atoms with van der Waals surface area (Å²) in [5, 5.41) is 0. The Morgan fingerprint density at radius 1 is 1.36 bits per heavy atom. The van der Waals surface area contributed by atoms with Gasteiger partial charge in [0.2, 0.25) is 0 Å². The molecule has 1 aromatic rings. The lowest BCUT2D eigenvalue weighted by Crippen LogP contribution is -2.13. The summed E-state index contributed by atoms with van der Waals surface area (Å²) in [5.41, 5.74) is 18.0. The maximum absolute atomic E-state index is 5.98. The van der Waals surface area contributed by atoms with Gasteiger partial charge >= 0.3 is 0 Å². The highest BCUT2D eigenvalue weighted by atomic mass is 14.8. The molecule has 0 aliphatic carbocycles. The van der Waals surface area contributed by atoms with Gasteiger partial charge in [0.25, 0.3) is 0 Å². The van der Waals surface area contributed by atoms with Crippen molar-refractivity contribution in [2.45, 2.75) is 25.3 Å². The second-order valence-electron chi connectivity index (χ2n) is 3.37. The van der Waals surface area contributed by atoms with Crippen molar-refractivity contribution in [3.8, 4) is 0 Å². The molecule has 1 atom stereocenters. The standard InChI is InChI=1S/C10H18N4/c11-6-2-1-5-9(12)8-4-3-7-14-10(8)13/h3-4,7,9H,1-2,5-6,11-12H2,(H2,13,14)/t9-/m1/s1. The lowest BCUT2D eigenvalue weighted by Gasteiger charge is -2.12. The third-order valence-corrected chi connectivity index (χ3v) is 2.24. The minimum absolute atomic E-state index is 0.0183. The third-order valence-electron chi connectivity index (χ3n) is 2.24. The Morgan fingerprint density at radius 3 is 2.79 bits per heavy atom. The van der Waals surface area contributed by atoms with Gasteiger partial charge in [-0.1, -0.05) is 12.5 Å². The van der Waals surface area contributed by atoms with Gasteiger partial charge in [-0.3, -0.25) is 0 Å². The first-order valence-corrected chi connectivity index (χ1v) is 4.91. The Bertz CT molecular complexity index is 275. The molecule has 0 fully saturated rings. The van der Waals surface area contributed by atoms with Crippen molar-refractivity contribution < 1.29 is 0 Å². The van der Waals surface area contributed by atoms with E-state index in [1.54, 1.807) is 6.20 Å². The van der Waals surface area contributed by atoms with Crippen LogP contribution in [0.2, 0.25) is 0 Å². The molecule has 1 heterocycles. The Morgan fingerprint density at radius 2 is 2.14 bits per heavy atom. The van der Waals surface area contributed by atoms with Crippen molar-refractivity contribution in [3.63, 3.8) is 0 Å². The number of aromatic nitrogens is 1. The van der Waals surface area contributed by atoms with Gasteiger partial charge in [-0.2, -0.15) is 0 Å². The zero-order valence-electron chi connectivity index (χ0n) is 8.32. The predicted molar refractivity (Wildman–Crippen MR) is 58.5 cm³/mol. The summed E-state index contributed by atoms with van der Waals surface area (Å²) >= 11 is 0. The number of pyridine rings is 1. The zero-order chi connectivity index (χ0) is 10.4. The van der Waals surface area contributed by atoms with Gasteiger partial charge in [-0.15, -0.1) is 0 Å². The van der Waals surface area contributed by atoms with E-state index in [9.17, 15) is 0 Å². The van der Waals surface area contributed by atoms with Crippen LogP contribution in [0, 0.1) is 0 Å².